The summed E-state index contributed by atoms with van der Waals surface area (Å²) >= 11 is 0. The molecule has 0 aromatic heterocycles. The molecule has 1 aromatic rings. The van der Waals surface area contributed by atoms with Crippen molar-refractivity contribution in [2.24, 2.45) is 0 Å². The van der Waals surface area contributed by atoms with Crippen molar-refractivity contribution in [3.63, 3.8) is 0 Å². The smallest absolute Gasteiger partial charge is 0.123 e. The minimum atomic E-state index is -0.197. The minimum Gasteiger partial charge on any atom is -0.255 e. The van der Waals surface area contributed by atoms with Gasteiger partial charge in [-0.2, -0.15) is 0 Å². The Labute approximate surface area is 72.4 Å². The Kier molecular flexibility index (Phi) is 3.23. The van der Waals surface area contributed by atoms with Gasteiger partial charge < -0.3 is 0 Å². The predicted molar refractivity (Wildman–Crippen MR) is 47.3 cm³/mol. The van der Waals surface area contributed by atoms with Crippen LogP contribution < -0.4 is 5.73 Å². The molecule has 1 unspecified atom stereocenters. The Morgan fingerprint density at radius 1 is 1.33 bits per heavy atom. The molecule has 0 spiro atoms. The second kappa shape index (κ2) is 4.21. The Hall–Kier alpha value is -0.890. The maximum atomic E-state index is 12.4. The van der Waals surface area contributed by atoms with Gasteiger partial charge in [-0.25, -0.2) is 4.39 Å². The zero-order chi connectivity index (χ0) is 8.97. The third-order valence-electron chi connectivity index (χ3n) is 1.78. The van der Waals surface area contributed by atoms with Gasteiger partial charge >= 0.3 is 0 Å². The van der Waals surface area contributed by atoms with Crippen LogP contribution in [0.1, 0.15) is 18.9 Å². The minimum absolute atomic E-state index is 0.0324. The van der Waals surface area contributed by atoms with Crippen molar-refractivity contribution in [1.82, 2.24) is 5.73 Å². The molecule has 1 N–H and O–H groups in total. The molecule has 0 heterocycles. The van der Waals surface area contributed by atoms with E-state index < -0.39 is 0 Å². The lowest BCUT2D eigenvalue weighted by Gasteiger charge is -2.03. The van der Waals surface area contributed by atoms with Crippen LogP contribution in [0.15, 0.2) is 24.3 Å². The summed E-state index contributed by atoms with van der Waals surface area (Å²) in [6.45, 7) is 1.86. The lowest BCUT2D eigenvalue weighted by Crippen LogP contribution is -2.03. The molecule has 65 valence electrons. The standard InChI is InChI=1S/C10H13FN/c1-8(12)2-3-9-4-6-10(11)7-5-9/h4-8,12H,2-3H2,1H3. The summed E-state index contributed by atoms with van der Waals surface area (Å²) in [5.41, 5.74) is 8.40. The Balaban J connectivity index is 2.48. The molecule has 0 bridgehead atoms. The lowest BCUT2D eigenvalue weighted by molar-refractivity contribution is 0.623. The molecule has 0 fully saturated rings. The molecule has 0 aliphatic carbocycles. The first-order valence-electron chi connectivity index (χ1n) is 4.14. The monoisotopic (exact) mass is 166 g/mol. The van der Waals surface area contributed by atoms with Crippen LogP contribution in [-0.4, -0.2) is 6.04 Å². The van der Waals surface area contributed by atoms with Crippen molar-refractivity contribution in [1.29, 1.82) is 0 Å². The van der Waals surface area contributed by atoms with Crippen LogP contribution in [0.25, 0.3) is 0 Å². The summed E-state index contributed by atoms with van der Waals surface area (Å²) in [4.78, 5) is 0. The molecule has 1 nitrogen and oxygen atoms in total. The SMILES string of the molecule is CC([NH])CCc1ccc(F)cc1. The molecule has 1 rings (SSSR count). The summed E-state index contributed by atoms with van der Waals surface area (Å²) in [5, 5.41) is 0. The highest BCUT2D eigenvalue weighted by atomic mass is 19.1. The van der Waals surface area contributed by atoms with Crippen LogP contribution >= 0.6 is 0 Å². The van der Waals surface area contributed by atoms with E-state index in [2.05, 4.69) is 0 Å². The van der Waals surface area contributed by atoms with Crippen LogP contribution in [0.4, 0.5) is 4.39 Å². The van der Waals surface area contributed by atoms with Gasteiger partial charge in [-0.1, -0.05) is 12.1 Å². The zero-order valence-electron chi connectivity index (χ0n) is 7.18. The number of hydrogen-bond donors (Lipinski definition) is 0. The van der Waals surface area contributed by atoms with Gasteiger partial charge in [0.05, 0.1) is 0 Å². The second-order valence-corrected chi connectivity index (χ2v) is 3.07. The van der Waals surface area contributed by atoms with E-state index in [0.29, 0.717) is 0 Å². The number of hydrogen-bond acceptors (Lipinski definition) is 0. The van der Waals surface area contributed by atoms with Gasteiger partial charge in [0.15, 0.2) is 0 Å². The average Bonchev–Trinajstić information content (AvgIpc) is 2.03. The highest BCUT2D eigenvalue weighted by Gasteiger charge is 1.97. The normalized spacial score (nSPS) is 12.9. The quantitative estimate of drug-likeness (QED) is 0.658. The molecular formula is C10H13FN. The molecule has 12 heavy (non-hydrogen) atoms. The van der Waals surface area contributed by atoms with E-state index in [4.69, 9.17) is 5.73 Å². The second-order valence-electron chi connectivity index (χ2n) is 3.07. The summed E-state index contributed by atoms with van der Waals surface area (Å²) in [6, 6.07) is 6.44. The molecule has 2 heteroatoms. The highest BCUT2D eigenvalue weighted by molar-refractivity contribution is 5.16. The Morgan fingerprint density at radius 3 is 2.42 bits per heavy atom. The maximum absolute atomic E-state index is 12.4. The van der Waals surface area contributed by atoms with E-state index in [1.807, 2.05) is 6.92 Å². The zero-order valence-corrected chi connectivity index (χ0v) is 7.18. The van der Waals surface area contributed by atoms with Crippen LogP contribution in [-0.2, 0) is 6.42 Å². The molecule has 1 aromatic carbocycles. The van der Waals surface area contributed by atoms with E-state index in [1.54, 1.807) is 12.1 Å². The first-order chi connectivity index (χ1) is 5.68. The number of benzene rings is 1. The van der Waals surface area contributed by atoms with E-state index >= 15 is 0 Å². The van der Waals surface area contributed by atoms with Crippen molar-refractivity contribution in [3.05, 3.63) is 35.6 Å². The van der Waals surface area contributed by atoms with Gasteiger partial charge in [0.25, 0.3) is 0 Å². The van der Waals surface area contributed by atoms with Crippen LogP contribution in [0.5, 0.6) is 0 Å². The number of nitrogens with one attached hydrogen (secondary N) is 1. The summed E-state index contributed by atoms with van der Waals surface area (Å²) in [5.74, 6) is -0.197. The van der Waals surface area contributed by atoms with Gasteiger partial charge in [-0.05, 0) is 37.5 Å². The molecule has 0 saturated heterocycles. The fraction of sp³-hybridized carbons (Fsp3) is 0.400. The van der Waals surface area contributed by atoms with Crippen molar-refractivity contribution >= 4 is 0 Å². The van der Waals surface area contributed by atoms with Crippen LogP contribution in [0.2, 0.25) is 0 Å². The van der Waals surface area contributed by atoms with Gasteiger partial charge in [0.1, 0.15) is 5.82 Å². The predicted octanol–water partition coefficient (Wildman–Crippen LogP) is 2.43. The molecule has 1 atom stereocenters. The maximum Gasteiger partial charge on any atom is 0.123 e. The molecule has 1 radical (unpaired) electrons. The van der Waals surface area contributed by atoms with Crippen LogP contribution in [0.3, 0.4) is 0 Å². The largest absolute Gasteiger partial charge is 0.255 e. The van der Waals surface area contributed by atoms with Crippen LogP contribution in [0, 0.1) is 5.82 Å². The molecular weight excluding hydrogens is 153 g/mol. The fourth-order valence-electron chi connectivity index (χ4n) is 1.03. The lowest BCUT2D eigenvalue weighted by atomic mass is 10.1. The third-order valence-corrected chi connectivity index (χ3v) is 1.78. The topological polar surface area (TPSA) is 23.8 Å². The van der Waals surface area contributed by atoms with Crippen molar-refractivity contribution in [2.45, 2.75) is 25.8 Å². The van der Waals surface area contributed by atoms with Crippen molar-refractivity contribution in [2.75, 3.05) is 0 Å². The molecule has 0 aliphatic heterocycles. The van der Waals surface area contributed by atoms with Crippen molar-refractivity contribution < 1.29 is 4.39 Å². The average molecular weight is 166 g/mol. The highest BCUT2D eigenvalue weighted by Crippen LogP contribution is 2.06. The fourth-order valence-corrected chi connectivity index (χ4v) is 1.03. The van der Waals surface area contributed by atoms with Gasteiger partial charge in [-0.3, -0.25) is 5.73 Å². The molecule has 0 saturated carbocycles. The Bertz CT molecular complexity index is 228. The van der Waals surface area contributed by atoms with Gasteiger partial charge in [0.2, 0.25) is 0 Å². The van der Waals surface area contributed by atoms with E-state index in [0.717, 1.165) is 18.4 Å². The number of rotatable bonds is 3. The first-order valence-corrected chi connectivity index (χ1v) is 4.14. The van der Waals surface area contributed by atoms with E-state index in [1.165, 1.54) is 12.1 Å². The molecule has 0 amide bonds. The summed E-state index contributed by atoms with van der Waals surface area (Å²) < 4.78 is 12.4. The summed E-state index contributed by atoms with van der Waals surface area (Å²) in [6.07, 6.45) is 1.70. The van der Waals surface area contributed by atoms with Crippen molar-refractivity contribution in [3.8, 4) is 0 Å². The van der Waals surface area contributed by atoms with E-state index in [-0.39, 0.29) is 11.9 Å². The third kappa shape index (κ3) is 3.01. The Morgan fingerprint density at radius 2 is 1.92 bits per heavy atom. The number of halogens is 1. The molecule has 0 aliphatic rings. The first kappa shape index (κ1) is 9.20. The number of aryl methyl sites for hydroxylation is 1. The summed E-state index contributed by atoms with van der Waals surface area (Å²) in [7, 11) is 0. The van der Waals surface area contributed by atoms with E-state index in [9.17, 15) is 4.39 Å². The van der Waals surface area contributed by atoms with Gasteiger partial charge in [0, 0.05) is 6.04 Å². The van der Waals surface area contributed by atoms with Gasteiger partial charge in [-0.15, -0.1) is 0 Å².